The summed E-state index contributed by atoms with van der Waals surface area (Å²) in [4.78, 5) is 51.7. The van der Waals surface area contributed by atoms with Crippen LogP contribution in [-0.2, 0) is 25.7 Å². The molecule has 174 valence electrons. The SMILES string of the molecule is CCOC(=O)[C@@H]1[C@@H](CC=O)[C@@H](C(=O)c2ccc(OC)cc2)CN1C(=O)OCc1ccccc1. The normalized spacial score (nSPS) is 19.6. The van der Waals surface area contributed by atoms with E-state index in [0.29, 0.717) is 17.6 Å². The van der Waals surface area contributed by atoms with Gasteiger partial charge in [-0.15, -0.1) is 0 Å². The number of carbonyl (C=O) groups excluding carboxylic acids is 4. The summed E-state index contributed by atoms with van der Waals surface area (Å²) in [6.07, 6.45) is -0.152. The van der Waals surface area contributed by atoms with E-state index >= 15 is 0 Å². The standard InChI is InChI=1S/C25H27NO7/c1-3-32-24(29)22-20(13-14-27)21(23(28)18-9-11-19(31-2)12-10-18)15-26(22)25(30)33-16-17-7-5-4-6-8-17/h4-12,14,20-22H,3,13,15-16H2,1-2H3/t20-,21-,22-/m0/s1. The number of esters is 1. The second-order valence-electron chi connectivity index (χ2n) is 7.65. The fraction of sp³-hybridized carbons (Fsp3) is 0.360. The highest BCUT2D eigenvalue weighted by Gasteiger charge is 2.51. The molecule has 0 spiro atoms. The molecule has 1 amide bonds. The Bertz CT molecular complexity index is 974. The minimum atomic E-state index is -1.09. The number of ketones is 1. The van der Waals surface area contributed by atoms with Gasteiger partial charge in [0.25, 0.3) is 0 Å². The van der Waals surface area contributed by atoms with Crippen LogP contribution in [0.5, 0.6) is 5.75 Å². The number of amides is 1. The van der Waals surface area contributed by atoms with Gasteiger partial charge in [0, 0.05) is 30.4 Å². The monoisotopic (exact) mass is 453 g/mol. The van der Waals surface area contributed by atoms with Crippen LogP contribution in [0.25, 0.3) is 0 Å². The summed E-state index contributed by atoms with van der Waals surface area (Å²) in [5.41, 5.74) is 1.19. The van der Waals surface area contributed by atoms with Crippen molar-refractivity contribution in [2.75, 3.05) is 20.3 Å². The number of ether oxygens (including phenoxy) is 3. The first kappa shape index (κ1) is 24.0. The average molecular weight is 453 g/mol. The van der Waals surface area contributed by atoms with Crippen LogP contribution in [0.15, 0.2) is 54.6 Å². The number of hydrogen-bond acceptors (Lipinski definition) is 7. The number of methoxy groups -OCH3 is 1. The van der Waals surface area contributed by atoms with E-state index in [4.69, 9.17) is 14.2 Å². The maximum atomic E-state index is 13.3. The van der Waals surface area contributed by atoms with Crippen LogP contribution in [0.2, 0.25) is 0 Å². The third kappa shape index (κ3) is 5.58. The topological polar surface area (TPSA) is 99.2 Å². The molecule has 1 heterocycles. The van der Waals surface area contributed by atoms with Crippen LogP contribution in [-0.4, -0.2) is 55.3 Å². The van der Waals surface area contributed by atoms with Crippen LogP contribution in [0.4, 0.5) is 4.79 Å². The van der Waals surface area contributed by atoms with Crippen LogP contribution < -0.4 is 4.74 Å². The molecule has 0 unspecified atom stereocenters. The molecule has 0 bridgehead atoms. The number of likely N-dealkylation sites (tertiary alicyclic amines) is 1. The summed E-state index contributed by atoms with van der Waals surface area (Å²) in [5, 5.41) is 0. The molecule has 1 saturated heterocycles. The van der Waals surface area contributed by atoms with E-state index in [1.807, 2.05) is 30.3 Å². The highest BCUT2D eigenvalue weighted by Crippen LogP contribution is 2.36. The number of rotatable bonds is 9. The molecule has 33 heavy (non-hydrogen) atoms. The van der Waals surface area contributed by atoms with Gasteiger partial charge in [0.15, 0.2) is 5.78 Å². The van der Waals surface area contributed by atoms with Crippen molar-refractivity contribution < 1.29 is 33.4 Å². The van der Waals surface area contributed by atoms with Crippen LogP contribution in [0, 0.1) is 11.8 Å². The number of benzene rings is 2. The number of hydrogen-bond donors (Lipinski definition) is 0. The van der Waals surface area contributed by atoms with Crippen LogP contribution in [0.1, 0.15) is 29.3 Å². The summed E-state index contributed by atoms with van der Waals surface area (Å²) in [6, 6.07) is 14.6. The molecular formula is C25H27NO7. The molecule has 0 saturated carbocycles. The molecule has 8 heteroatoms. The van der Waals surface area contributed by atoms with Gasteiger partial charge in [-0.2, -0.15) is 0 Å². The number of carbonyl (C=O) groups is 4. The molecule has 1 aliphatic heterocycles. The molecule has 1 aliphatic rings. The molecule has 0 radical (unpaired) electrons. The molecule has 2 aromatic rings. The zero-order valence-corrected chi connectivity index (χ0v) is 18.6. The maximum absolute atomic E-state index is 13.3. The zero-order valence-electron chi connectivity index (χ0n) is 18.6. The first-order chi connectivity index (χ1) is 16.0. The Morgan fingerprint density at radius 2 is 1.73 bits per heavy atom. The van der Waals surface area contributed by atoms with E-state index in [2.05, 4.69) is 0 Å². The van der Waals surface area contributed by atoms with Gasteiger partial charge in [0.1, 0.15) is 24.7 Å². The third-order valence-corrected chi connectivity index (χ3v) is 5.70. The van der Waals surface area contributed by atoms with Gasteiger partial charge in [-0.05, 0) is 36.8 Å². The molecule has 3 rings (SSSR count). The minimum Gasteiger partial charge on any atom is -0.497 e. The molecule has 1 fully saturated rings. The van der Waals surface area contributed by atoms with Crippen molar-refractivity contribution in [2.24, 2.45) is 11.8 Å². The Kier molecular flexibility index (Phi) is 8.18. The van der Waals surface area contributed by atoms with E-state index in [0.717, 1.165) is 5.56 Å². The predicted molar refractivity (Wildman–Crippen MR) is 119 cm³/mol. The average Bonchev–Trinajstić information content (AvgIpc) is 3.22. The quantitative estimate of drug-likeness (QED) is 0.326. The third-order valence-electron chi connectivity index (χ3n) is 5.70. The van der Waals surface area contributed by atoms with E-state index < -0.39 is 29.9 Å². The summed E-state index contributed by atoms with van der Waals surface area (Å²) in [6.45, 7) is 1.72. The van der Waals surface area contributed by atoms with E-state index in [1.165, 1.54) is 12.0 Å². The summed E-state index contributed by atoms with van der Waals surface area (Å²) < 4.78 is 15.7. The first-order valence-corrected chi connectivity index (χ1v) is 10.8. The molecule has 3 atom stereocenters. The summed E-state index contributed by atoms with van der Waals surface area (Å²) in [7, 11) is 1.52. The van der Waals surface area contributed by atoms with Crippen molar-refractivity contribution >= 4 is 24.1 Å². The van der Waals surface area contributed by atoms with Crippen molar-refractivity contribution in [3.8, 4) is 5.75 Å². The Morgan fingerprint density at radius 1 is 1.03 bits per heavy atom. The lowest BCUT2D eigenvalue weighted by Gasteiger charge is -2.25. The lowest BCUT2D eigenvalue weighted by Crippen LogP contribution is -2.44. The Morgan fingerprint density at radius 3 is 2.33 bits per heavy atom. The van der Waals surface area contributed by atoms with Crippen molar-refractivity contribution in [2.45, 2.75) is 26.0 Å². The first-order valence-electron chi connectivity index (χ1n) is 10.8. The van der Waals surface area contributed by atoms with E-state index in [1.54, 1.807) is 31.2 Å². The predicted octanol–water partition coefficient (Wildman–Crippen LogP) is 3.28. The molecule has 0 N–H and O–H groups in total. The van der Waals surface area contributed by atoms with Crippen molar-refractivity contribution in [3.05, 3.63) is 65.7 Å². The van der Waals surface area contributed by atoms with Crippen molar-refractivity contribution in [1.82, 2.24) is 4.90 Å². The fourth-order valence-corrected chi connectivity index (χ4v) is 4.08. The Labute approximate surface area is 192 Å². The van der Waals surface area contributed by atoms with Crippen LogP contribution in [0.3, 0.4) is 0 Å². The van der Waals surface area contributed by atoms with Crippen molar-refractivity contribution in [3.63, 3.8) is 0 Å². The molecule has 2 aromatic carbocycles. The fourth-order valence-electron chi connectivity index (χ4n) is 4.08. The summed E-state index contributed by atoms with van der Waals surface area (Å²) >= 11 is 0. The number of aldehydes is 1. The minimum absolute atomic E-state index is 0.0150. The number of nitrogens with zero attached hydrogens (tertiary/aromatic N) is 1. The van der Waals surface area contributed by atoms with E-state index in [-0.39, 0.29) is 32.0 Å². The molecule has 0 aliphatic carbocycles. The maximum Gasteiger partial charge on any atom is 0.410 e. The summed E-state index contributed by atoms with van der Waals surface area (Å²) in [5.74, 6) is -1.82. The van der Waals surface area contributed by atoms with Gasteiger partial charge >= 0.3 is 12.1 Å². The smallest absolute Gasteiger partial charge is 0.410 e. The van der Waals surface area contributed by atoms with Gasteiger partial charge in [0.2, 0.25) is 0 Å². The lowest BCUT2D eigenvalue weighted by molar-refractivity contribution is -0.149. The zero-order chi connectivity index (χ0) is 23.8. The van der Waals surface area contributed by atoms with Gasteiger partial charge in [-0.25, -0.2) is 9.59 Å². The second-order valence-corrected chi connectivity index (χ2v) is 7.65. The highest BCUT2D eigenvalue weighted by molar-refractivity contribution is 6.00. The van der Waals surface area contributed by atoms with Crippen molar-refractivity contribution in [1.29, 1.82) is 0 Å². The number of Topliss-reactive ketones (excluding diaryl/α,β-unsaturated/α-hetero) is 1. The largest absolute Gasteiger partial charge is 0.497 e. The van der Waals surface area contributed by atoms with Crippen LogP contribution >= 0.6 is 0 Å². The lowest BCUT2D eigenvalue weighted by atomic mass is 9.83. The van der Waals surface area contributed by atoms with E-state index in [9.17, 15) is 19.2 Å². The molecule has 0 aromatic heterocycles. The van der Waals surface area contributed by atoms with Gasteiger partial charge in [0.05, 0.1) is 13.7 Å². The Balaban J connectivity index is 1.86. The van der Waals surface area contributed by atoms with Gasteiger partial charge in [-0.1, -0.05) is 30.3 Å². The Hall–Kier alpha value is -3.68. The second kappa shape index (κ2) is 11.3. The highest BCUT2D eigenvalue weighted by atomic mass is 16.6. The molecule has 8 nitrogen and oxygen atoms in total. The van der Waals surface area contributed by atoms with Gasteiger partial charge in [-0.3, -0.25) is 9.69 Å². The van der Waals surface area contributed by atoms with Gasteiger partial charge < -0.3 is 19.0 Å². The molecular weight excluding hydrogens is 426 g/mol.